The van der Waals surface area contributed by atoms with Gasteiger partial charge in [0, 0.05) is 62.5 Å². The predicted molar refractivity (Wildman–Crippen MR) is 129 cm³/mol. The van der Waals surface area contributed by atoms with E-state index in [2.05, 4.69) is 27.0 Å². The Morgan fingerprint density at radius 1 is 0.912 bits per heavy atom. The maximum absolute atomic E-state index is 13.5. The van der Waals surface area contributed by atoms with Crippen LogP contribution in [-0.2, 0) is 11.3 Å². The van der Waals surface area contributed by atoms with E-state index in [0.717, 1.165) is 69.7 Å². The monoisotopic (exact) mass is 463 g/mol. The minimum Gasteiger partial charge on any atom is -0.493 e. The zero-order valence-electron chi connectivity index (χ0n) is 20.0. The SMILES string of the molecule is COc1ccc(C2=NN(N3CCN(Cc4ccncc4)CC3)C(=O)C3CCCCC23)cc1OC. The third kappa shape index (κ3) is 4.52. The number of hydrazine groups is 1. The van der Waals surface area contributed by atoms with Crippen LogP contribution in [0.4, 0.5) is 0 Å². The highest BCUT2D eigenvalue weighted by atomic mass is 16.5. The van der Waals surface area contributed by atoms with E-state index in [0.29, 0.717) is 11.5 Å². The third-order valence-corrected chi connectivity index (χ3v) is 7.29. The van der Waals surface area contributed by atoms with E-state index in [1.54, 1.807) is 19.3 Å². The van der Waals surface area contributed by atoms with Crippen LogP contribution >= 0.6 is 0 Å². The highest BCUT2D eigenvalue weighted by molar-refractivity contribution is 6.07. The van der Waals surface area contributed by atoms with Crippen LogP contribution in [0.15, 0.2) is 47.8 Å². The number of fused-ring (bicyclic) bond motifs is 1. The number of piperazine rings is 1. The summed E-state index contributed by atoms with van der Waals surface area (Å²) >= 11 is 0. The Morgan fingerprint density at radius 2 is 1.62 bits per heavy atom. The lowest BCUT2D eigenvalue weighted by molar-refractivity contribution is -0.162. The second kappa shape index (κ2) is 10.1. The lowest BCUT2D eigenvalue weighted by Crippen LogP contribution is -2.58. The molecule has 3 aliphatic rings. The number of nitrogens with zero attached hydrogens (tertiary/aromatic N) is 5. The Kier molecular flexibility index (Phi) is 6.78. The van der Waals surface area contributed by atoms with E-state index < -0.39 is 0 Å². The second-order valence-electron chi connectivity index (χ2n) is 9.27. The lowest BCUT2D eigenvalue weighted by Gasteiger charge is -2.44. The zero-order valence-corrected chi connectivity index (χ0v) is 20.0. The van der Waals surface area contributed by atoms with Crippen molar-refractivity contribution in [1.82, 2.24) is 20.0 Å². The number of hydrogen-bond acceptors (Lipinski definition) is 7. The van der Waals surface area contributed by atoms with Crippen molar-refractivity contribution < 1.29 is 14.3 Å². The third-order valence-electron chi connectivity index (χ3n) is 7.29. The molecule has 34 heavy (non-hydrogen) atoms. The molecule has 1 aliphatic carbocycles. The number of methoxy groups -OCH3 is 2. The molecule has 2 aromatic rings. The van der Waals surface area contributed by atoms with Crippen molar-refractivity contribution in [1.29, 1.82) is 0 Å². The summed E-state index contributed by atoms with van der Waals surface area (Å²) in [6.45, 7) is 4.23. The van der Waals surface area contributed by atoms with Gasteiger partial charge >= 0.3 is 0 Å². The first kappa shape index (κ1) is 22.8. The molecule has 3 heterocycles. The summed E-state index contributed by atoms with van der Waals surface area (Å²) < 4.78 is 11.0. The van der Waals surface area contributed by atoms with Gasteiger partial charge < -0.3 is 9.47 Å². The van der Waals surface area contributed by atoms with Crippen LogP contribution in [0.2, 0.25) is 0 Å². The largest absolute Gasteiger partial charge is 0.493 e. The average molecular weight is 464 g/mol. The number of carbonyl (C=O) groups is 1. The highest BCUT2D eigenvalue weighted by Gasteiger charge is 2.43. The van der Waals surface area contributed by atoms with Gasteiger partial charge in [-0.1, -0.05) is 12.8 Å². The Bertz CT molecular complexity index is 1040. The molecule has 0 N–H and O–H groups in total. The number of carbonyl (C=O) groups excluding carboxylic acids is 1. The fourth-order valence-corrected chi connectivity index (χ4v) is 5.43. The number of ether oxygens (including phenoxy) is 2. The van der Waals surface area contributed by atoms with Crippen LogP contribution < -0.4 is 9.47 Å². The maximum Gasteiger partial charge on any atom is 0.261 e. The van der Waals surface area contributed by atoms with Gasteiger partial charge in [-0.3, -0.25) is 14.7 Å². The number of rotatable bonds is 6. The van der Waals surface area contributed by atoms with Gasteiger partial charge in [-0.25, -0.2) is 0 Å². The van der Waals surface area contributed by atoms with E-state index >= 15 is 0 Å². The minimum atomic E-state index is -0.0100. The Morgan fingerprint density at radius 3 is 2.32 bits per heavy atom. The fourth-order valence-electron chi connectivity index (χ4n) is 5.43. The Balaban J connectivity index is 1.38. The van der Waals surface area contributed by atoms with Crippen molar-refractivity contribution in [3.8, 4) is 11.5 Å². The summed E-state index contributed by atoms with van der Waals surface area (Å²) in [7, 11) is 3.29. The number of amides is 1. The first-order valence-corrected chi connectivity index (χ1v) is 12.2. The normalized spacial score (nSPS) is 23.9. The molecular weight excluding hydrogens is 430 g/mol. The molecule has 2 aliphatic heterocycles. The topological polar surface area (TPSA) is 70.5 Å². The van der Waals surface area contributed by atoms with Crippen LogP contribution in [0.5, 0.6) is 11.5 Å². The predicted octanol–water partition coefficient (Wildman–Crippen LogP) is 3.18. The van der Waals surface area contributed by atoms with Gasteiger partial charge in [-0.15, -0.1) is 0 Å². The van der Waals surface area contributed by atoms with Gasteiger partial charge in [-0.2, -0.15) is 15.2 Å². The van der Waals surface area contributed by atoms with E-state index in [1.807, 2.05) is 30.6 Å². The van der Waals surface area contributed by atoms with Crippen molar-refractivity contribution in [2.45, 2.75) is 32.2 Å². The number of hydrogen-bond donors (Lipinski definition) is 0. The van der Waals surface area contributed by atoms with E-state index in [1.165, 1.54) is 5.56 Å². The molecule has 5 rings (SSSR count). The summed E-state index contributed by atoms with van der Waals surface area (Å²) in [6, 6.07) is 10.1. The smallest absolute Gasteiger partial charge is 0.261 e. The zero-order chi connectivity index (χ0) is 23.5. The fraction of sp³-hybridized carbons (Fsp3) is 0.500. The van der Waals surface area contributed by atoms with Crippen LogP contribution in [0.25, 0.3) is 0 Å². The van der Waals surface area contributed by atoms with Gasteiger partial charge in [0.05, 0.1) is 19.9 Å². The molecule has 2 fully saturated rings. The first-order chi connectivity index (χ1) is 16.7. The molecule has 1 saturated heterocycles. The number of aromatic nitrogens is 1. The lowest BCUT2D eigenvalue weighted by atomic mass is 9.73. The van der Waals surface area contributed by atoms with Crippen molar-refractivity contribution in [3.63, 3.8) is 0 Å². The summed E-state index contributed by atoms with van der Waals surface area (Å²) in [4.78, 5) is 20.1. The molecule has 8 heteroatoms. The average Bonchev–Trinajstić information content (AvgIpc) is 2.90. The van der Waals surface area contributed by atoms with Crippen molar-refractivity contribution in [3.05, 3.63) is 53.9 Å². The number of pyridine rings is 1. The van der Waals surface area contributed by atoms with Gasteiger partial charge in [0.25, 0.3) is 5.91 Å². The highest BCUT2D eigenvalue weighted by Crippen LogP contribution is 2.39. The molecule has 2 atom stereocenters. The number of hydrazone groups is 1. The number of benzene rings is 1. The molecule has 180 valence electrons. The van der Waals surface area contributed by atoms with Gasteiger partial charge in [0.1, 0.15) is 0 Å². The molecule has 0 bridgehead atoms. The van der Waals surface area contributed by atoms with Crippen molar-refractivity contribution in [2.75, 3.05) is 40.4 Å². The van der Waals surface area contributed by atoms with Gasteiger partial charge in [0.2, 0.25) is 0 Å². The van der Waals surface area contributed by atoms with Gasteiger partial charge in [-0.05, 0) is 48.7 Å². The molecular formula is C26H33N5O3. The molecule has 0 radical (unpaired) electrons. The summed E-state index contributed by atoms with van der Waals surface area (Å²) in [6.07, 6.45) is 7.82. The van der Waals surface area contributed by atoms with Crippen molar-refractivity contribution >= 4 is 11.6 Å². The van der Waals surface area contributed by atoms with E-state index in [9.17, 15) is 4.79 Å². The molecule has 1 aromatic heterocycles. The maximum atomic E-state index is 13.5. The molecule has 0 spiro atoms. The second-order valence-corrected chi connectivity index (χ2v) is 9.27. The molecule has 1 saturated carbocycles. The quantitative estimate of drug-likeness (QED) is 0.655. The summed E-state index contributed by atoms with van der Waals surface area (Å²) in [5.41, 5.74) is 3.25. The first-order valence-electron chi connectivity index (χ1n) is 12.2. The van der Waals surface area contributed by atoms with E-state index in [4.69, 9.17) is 14.6 Å². The van der Waals surface area contributed by atoms with Crippen LogP contribution in [0.1, 0.15) is 36.8 Å². The Labute approximate surface area is 201 Å². The van der Waals surface area contributed by atoms with Gasteiger partial charge in [0.15, 0.2) is 11.5 Å². The van der Waals surface area contributed by atoms with Crippen LogP contribution in [-0.4, -0.2) is 72.0 Å². The van der Waals surface area contributed by atoms with Crippen molar-refractivity contribution in [2.24, 2.45) is 16.9 Å². The van der Waals surface area contributed by atoms with Crippen LogP contribution in [0, 0.1) is 11.8 Å². The molecule has 8 nitrogen and oxygen atoms in total. The summed E-state index contributed by atoms with van der Waals surface area (Å²) in [5, 5.41) is 8.79. The molecule has 1 aromatic carbocycles. The molecule has 1 amide bonds. The van der Waals surface area contributed by atoms with E-state index in [-0.39, 0.29) is 17.7 Å². The minimum absolute atomic E-state index is 0.0100. The molecule has 2 unspecified atom stereocenters. The standard InChI is InChI=1S/C26H33N5O3/c1-33-23-8-7-20(17-24(23)34-2)25-21-5-3-4-6-22(21)26(32)31(28-25)30-15-13-29(14-16-30)18-19-9-11-27-12-10-19/h7-12,17,21-22H,3-6,13-16,18H2,1-2H3. The Hall–Kier alpha value is -2.97. The summed E-state index contributed by atoms with van der Waals surface area (Å²) in [5.74, 6) is 1.67. The van der Waals surface area contributed by atoms with Crippen LogP contribution in [0.3, 0.4) is 0 Å².